The molecule has 0 amide bonds. The molecule has 1 aromatic heterocycles. The summed E-state index contributed by atoms with van der Waals surface area (Å²) in [5, 5.41) is 11.8. The van der Waals surface area contributed by atoms with Crippen molar-refractivity contribution < 1.29 is 0 Å². The third-order valence-electron chi connectivity index (χ3n) is 3.39. The summed E-state index contributed by atoms with van der Waals surface area (Å²) in [6, 6.07) is 14.1. The van der Waals surface area contributed by atoms with Crippen molar-refractivity contribution in [2.75, 3.05) is 5.32 Å². The van der Waals surface area contributed by atoms with Crippen LogP contribution in [-0.2, 0) is 6.54 Å². The molecule has 106 valence electrons. The second kappa shape index (κ2) is 5.62. The molecule has 0 unspecified atom stereocenters. The second-order valence-corrected chi connectivity index (χ2v) is 4.77. The molecule has 0 saturated carbocycles. The first-order valence-corrected chi connectivity index (χ1v) is 6.68. The van der Waals surface area contributed by atoms with Gasteiger partial charge in [0.1, 0.15) is 0 Å². The Morgan fingerprint density at radius 2 is 1.82 bits per heavy atom. The minimum Gasteiger partial charge on any atom is -0.375 e. The number of anilines is 1. The summed E-state index contributed by atoms with van der Waals surface area (Å²) in [6.45, 7) is 0.370. The maximum atomic E-state index is 11.8. The summed E-state index contributed by atoms with van der Waals surface area (Å²) in [5.74, 6) is 0. The van der Waals surface area contributed by atoms with E-state index in [0.717, 1.165) is 5.69 Å². The molecule has 0 aliphatic rings. The number of hydrogen-bond donors (Lipinski definition) is 1. The molecule has 0 saturated heterocycles. The fraction of sp³-hybridized carbons (Fsp3) is 0.0588. The van der Waals surface area contributed by atoms with Crippen LogP contribution in [0.1, 0.15) is 11.3 Å². The molecule has 2 aromatic carbocycles. The molecule has 0 radical (unpaired) electrons. The molecule has 0 bridgehead atoms. The first-order valence-electron chi connectivity index (χ1n) is 6.68. The Morgan fingerprint density at radius 3 is 2.45 bits per heavy atom. The first-order chi connectivity index (χ1) is 10.7. The molecule has 5 heteroatoms. The van der Waals surface area contributed by atoms with Crippen molar-refractivity contribution in [1.82, 2.24) is 4.98 Å². The van der Waals surface area contributed by atoms with E-state index >= 15 is 0 Å². The van der Waals surface area contributed by atoms with E-state index in [-0.39, 0.29) is 0 Å². The summed E-state index contributed by atoms with van der Waals surface area (Å²) in [6.07, 6.45) is 1.67. The van der Waals surface area contributed by atoms with Crippen LogP contribution in [0.25, 0.3) is 11.1 Å². The number of aromatic nitrogens is 1. The molecular weight excluding hydrogens is 278 g/mol. The Hall–Kier alpha value is -3.26. The minimum absolute atomic E-state index is 0.306. The van der Waals surface area contributed by atoms with E-state index in [1.54, 1.807) is 30.5 Å². The molecule has 0 spiro atoms. The van der Waals surface area contributed by atoms with Gasteiger partial charge in [0.15, 0.2) is 0 Å². The zero-order valence-corrected chi connectivity index (χ0v) is 11.5. The Bertz CT molecular complexity index is 915. The normalized spacial score (nSPS) is 10.3. The van der Waals surface area contributed by atoms with Gasteiger partial charge in [0.25, 0.3) is 0 Å². The lowest BCUT2D eigenvalue weighted by Crippen LogP contribution is -2.36. The van der Waals surface area contributed by atoms with E-state index in [1.807, 2.05) is 24.3 Å². The van der Waals surface area contributed by atoms with E-state index in [1.165, 1.54) is 0 Å². The Morgan fingerprint density at radius 1 is 1.05 bits per heavy atom. The van der Waals surface area contributed by atoms with Crippen LogP contribution >= 0.6 is 0 Å². The number of pyridine rings is 1. The standard InChI is InChI=1S/C17H11N3O2/c18-9-11-4-6-12(7-5-11)14-15(17(22)16(14)21)20-10-13-3-1-2-8-19-13/h1-8,20H,10H2. The monoisotopic (exact) mass is 289 g/mol. The maximum absolute atomic E-state index is 11.8. The number of benzene rings is 1. The largest absolute Gasteiger partial charge is 0.375 e. The number of nitrogens with one attached hydrogen (secondary N) is 1. The quantitative estimate of drug-likeness (QED) is 0.741. The number of nitrogens with zero attached hydrogens (tertiary/aromatic N) is 2. The molecular formula is C17H11N3O2. The molecule has 0 aliphatic heterocycles. The minimum atomic E-state index is -0.518. The zero-order chi connectivity index (χ0) is 15.5. The molecule has 1 N–H and O–H groups in total. The van der Waals surface area contributed by atoms with Gasteiger partial charge in [-0.2, -0.15) is 5.26 Å². The predicted octanol–water partition coefficient (Wildman–Crippen LogP) is 1.83. The van der Waals surface area contributed by atoms with Gasteiger partial charge in [0.05, 0.1) is 35.1 Å². The Kier molecular flexibility index (Phi) is 3.50. The van der Waals surface area contributed by atoms with E-state index in [0.29, 0.717) is 28.9 Å². The highest BCUT2D eigenvalue weighted by atomic mass is 16.2. The smallest absolute Gasteiger partial charge is 0.250 e. The van der Waals surface area contributed by atoms with E-state index in [4.69, 9.17) is 5.26 Å². The lowest BCUT2D eigenvalue weighted by Gasteiger charge is -2.13. The second-order valence-electron chi connectivity index (χ2n) is 4.77. The third kappa shape index (κ3) is 2.38. The highest BCUT2D eigenvalue weighted by molar-refractivity contribution is 5.82. The molecule has 3 aromatic rings. The summed E-state index contributed by atoms with van der Waals surface area (Å²) < 4.78 is 0. The number of rotatable bonds is 4. The van der Waals surface area contributed by atoms with Crippen molar-refractivity contribution in [2.45, 2.75) is 6.54 Å². The Labute approximate surface area is 126 Å². The van der Waals surface area contributed by atoms with Crippen LogP contribution in [0.5, 0.6) is 0 Å². The first kappa shape index (κ1) is 13.7. The summed E-state index contributed by atoms with van der Waals surface area (Å²) in [7, 11) is 0. The van der Waals surface area contributed by atoms with Crippen molar-refractivity contribution in [3.8, 4) is 17.2 Å². The molecule has 0 fully saturated rings. The van der Waals surface area contributed by atoms with Gasteiger partial charge in [0, 0.05) is 6.20 Å². The van der Waals surface area contributed by atoms with Gasteiger partial charge in [-0.25, -0.2) is 0 Å². The molecule has 5 nitrogen and oxygen atoms in total. The lowest BCUT2D eigenvalue weighted by molar-refractivity contribution is 1.04. The van der Waals surface area contributed by atoms with Crippen LogP contribution in [0.4, 0.5) is 5.69 Å². The van der Waals surface area contributed by atoms with Crippen molar-refractivity contribution in [3.05, 3.63) is 80.4 Å². The fourth-order valence-corrected chi connectivity index (χ4v) is 2.23. The lowest BCUT2D eigenvalue weighted by atomic mass is 9.97. The number of nitriles is 1. The molecule has 0 aliphatic carbocycles. The van der Waals surface area contributed by atoms with Crippen LogP contribution in [0.15, 0.2) is 58.3 Å². The maximum Gasteiger partial charge on any atom is 0.250 e. The Balaban J connectivity index is 1.87. The van der Waals surface area contributed by atoms with E-state index in [2.05, 4.69) is 10.3 Å². The van der Waals surface area contributed by atoms with Crippen molar-refractivity contribution in [2.24, 2.45) is 0 Å². The van der Waals surface area contributed by atoms with Crippen molar-refractivity contribution in [1.29, 1.82) is 5.26 Å². The molecule has 22 heavy (non-hydrogen) atoms. The molecule has 0 atom stereocenters. The van der Waals surface area contributed by atoms with Crippen molar-refractivity contribution in [3.63, 3.8) is 0 Å². The SMILES string of the molecule is N#Cc1ccc(-c2c(NCc3ccccn3)c(=O)c2=O)cc1. The predicted molar refractivity (Wildman–Crippen MR) is 83.1 cm³/mol. The highest BCUT2D eigenvalue weighted by Crippen LogP contribution is 2.24. The van der Waals surface area contributed by atoms with Gasteiger partial charge in [-0.05, 0) is 29.8 Å². The van der Waals surface area contributed by atoms with Gasteiger partial charge < -0.3 is 5.32 Å². The average Bonchev–Trinajstić information content (AvgIpc) is 2.59. The van der Waals surface area contributed by atoms with Crippen LogP contribution in [0, 0.1) is 11.3 Å². The van der Waals surface area contributed by atoms with Crippen LogP contribution in [-0.4, -0.2) is 4.98 Å². The zero-order valence-electron chi connectivity index (χ0n) is 11.5. The van der Waals surface area contributed by atoms with Gasteiger partial charge in [-0.3, -0.25) is 14.6 Å². The summed E-state index contributed by atoms with van der Waals surface area (Å²) in [4.78, 5) is 27.7. The van der Waals surface area contributed by atoms with Gasteiger partial charge in [0.2, 0.25) is 10.9 Å². The average molecular weight is 289 g/mol. The van der Waals surface area contributed by atoms with Gasteiger partial charge >= 0.3 is 0 Å². The van der Waals surface area contributed by atoms with Crippen LogP contribution < -0.4 is 16.2 Å². The van der Waals surface area contributed by atoms with Gasteiger partial charge in [-0.1, -0.05) is 18.2 Å². The topological polar surface area (TPSA) is 82.8 Å². The summed E-state index contributed by atoms with van der Waals surface area (Å²) in [5.41, 5.74) is 1.56. The molecule has 1 heterocycles. The summed E-state index contributed by atoms with van der Waals surface area (Å²) >= 11 is 0. The highest BCUT2D eigenvalue weighted by Gasteiger charge is 2.21. The molecule has 3 rings (SSSR count). The van der Waals surface area contributed by atoms with E-state index < -0.39 is 10.9 Å². The van der Waals surface area contributed by atoms with Crippen LogP contribution in [0.2, 0.25) is 0 Å². The van der Waals surface area contributed by atoms with E-state index in [9.17, 15) is 9.59 Å². The number of hydrogen-bond acceptors (Lipinski definition) is 5. The van der Waals surface area contributed by atoms with Crippen molar-refractivity contribution >= 4 is 5.69 Å². The third-order valence-corrected chi connectivity index (χ3v) is 3.39. The van der Waals surface area contributed by atoms with Crippen LogP contribution in [0.3, 0.4) is 0 Å². The van der Waals surface area contributed by atoms with Gasteiger partial charge in [-0.15, -0.1) is 0 Å². The fourth-order valence-electron chi connectivity index (χ4n) is 2.23.